The second-order valence-corrected chi connectivity index (χ2v) is 10.4. The Balaban J connectivity index is 1.44. The Kier molecular flexibility index (Phi) is 8.20. The maximum absolute atomic E-state index is 12.1. The highest BCUT2D eigenvalue weighted by Gasteiger charge is 2.30. The van der Waals surface area contributed by atoms with Gasteiger partial charge in [-0.2, -0.15) is 0 Å². The number of nitrogens with one attached hydrogen (secondary N) is 2. The summed E-state index contributed by atoms with van der Waals surface area (Å²) in [6.45, 7) is 10.0. The van der Waals surface area contributed by atoms with Gasteiger partial charge in [-0.3, -0.25) is 14.3 Å². The molecule has 32 heavy (non-hydrogen) atoms. The van der Waals surface area contributed by atoms with Gasteiger partial charge in [0.15, 0.2) is 0 Å². The van der Waals surface area contributed by atoms with Crippen LogP contribution in [0.3, 0.4) is 0 Å². The van der Waals surface area contributed by atoms with E-state index in [1.54, 1.807) is 10.8 Å². The lowest BCUT2D eigenvalue weighted by Gasteiger charge is -2.39. The summed E-state index contributed by atoms with van der Waals surface area (Å²) in [5, 5.41) is 3.03. The van der Waals surface area contributed by atoms with E-state index < -0.39 is 5.60 Å². The Morgan fingerprint density at radius 3 is 2.34 bits per heavy atom. The van der Waals surface area contributed by atoms with Crippen LogP contribution in [0.4, 0.5) is 4.79 Å². The summed E-state index contributed by atoms with van der Waals surface area (Å²) in [4.78, 5) is 40.4. The van der Waals surface area contributed by atoms with Crippen molar-refractivity contribution in [2.45, 2.75) is 103 Å². The zero-order valence-corrected chi connectivity index (χ0v) is 20.1. The molecule has 2 aliphatic rings. The summed E-state index contributed by atoms with van der Waals surface area (Å²) >= 11 is 0. The largest absolute Gasteiger partial charge is 0.444 e. The highest BCUT2D eigenvalue weighted by Crippen LogP contribution is 2.33. The van der Waals surface area contributed by atoms with Crippen molar-refractivity contribution in [3.05, 3.63) is 33.1 Å². The van der Waals surface area contributed by atoms with Crippen molar-refractivity contribution >= 4 is 6.09 Å². The molecular weight excluding hydrogens is 408 g/mol. The van der Waals surface area contributed by atoms with Crippen LogP contribution in [0.15, 0.2) is 21.9 Å². The first-order valence-corrected chi connectivity index (χ1v) is 12.2. The molecule has 0 aliphatic heterocycles. The first-order chi connectivity index (χ1) is 15.1. The number of amides is 1. The number of hydrogen-bond acceptors (Lipinski definition) is 5. The van der Waals surface area contributed by atoms with E-state index >= 15 is 0 Å². The van der Waals surface area contributed by atoms with E-state index in [-0.39, 0.29) is 29.4 Å². The highest BCUT2D eigenvalue weighted by molar-refractivity contribution is 5.68. The standard InChI is InChI=1S/C24H40N4O4/c1-5-27(19-12-8-18(9-13-19)25-23(31)32-24(2,3)4)16-17-6-10-20(11-7-17)28-15-14-21(29)26-22(28)30/h14-15,17-20H,5-13,16H2,1-4H3,(H,25,31)(H,26,29,30)/t17-,18-,19-,20-. The van der Waals surface area contributed by atoms with Gasteiger partial charge in [-0.15, -0.1) is 0 Å². The van der Waals surface area contributed by atoms with Crippen molar-refractivity contribution in [3.8, 4) is 0 Å². The smallest absolute Gasteiger partial charge is 0.407 e. The third-order valence-corrected chi connectivity index (χ3v) is 6.89. The van der Waals surface area contributed by atoms with Gasteiger partial charge in [0, 0.05) is 36.9 Å². The summed E-state index contributed by atoms with van der Waals surface area (Å²) in [7, 11) is 0. The summed E-state index contributed by atoms with van der Waals surface area (Å²) in [6, 6.07) is 2.38. The molecule has 180 valence electrons. The number of rotatable bonds is 6. The lowest BCUT2D eigenvalue weighted by molar-refractivity contribution is 0.0471. The van der Waals surface area contributed by atoms with Gasteiger partial charge in [-0.1, -0.05) is 6.92 Å². The molecule has 0 atom stereocenters. The van der Waals surface area contributed by atoms with Crippen molar-refractivity contribution in [1.29, 1.82) is 0 Å². The molecule has 0 saturated heterocycles. The molecule has 1 amide bonds. The molecule has 1 heterocycles. The summed E-state index contributed by atoms with van der Waals surface area (Å²) in [6.07, 6.45) is 9.63. The van der Waals surface area contributed by atoms with Gasteiger partial charge in [0.05, 0.1) is 0 Å². The van der Waals surface area contributed by atoms with E-state index in [1.165, 1.54) is 6.07 Å². The zero-order valence-electron chi connectivity index (χ0n) is 20.1. The van der Waals surface area contributed by atoms with Crippen molar-refractivity contribution in [3.63, 3.8) is 0 Å². The maximum atomic E-state index is 12.1. The minimum atomic E-state index is -0.467. The number of carbonyl (C=O) groups excluding carboxylic acids is 1. The molecule has 2 aliphatic carbocycles. The second-order valence-electron chi connectivity index (χ2n) is 10.4. The van der Waals surface area contributed by atoms with Gasteiger partial charge in [0.1, 0.15) is 5.60 Å². The van der Waals surface area contributed by atoms with Crippen molar-refractivity contribution in [2.24, 2.45) is 5.92 Å². The number of H-pyrrole nitrogens is 1. The molecule has 8 heteroatoms. The lowest BCUT2D eigenvalue weighted by atomic mass is 9.84. The summed E-state index contributed by atoms with van der Waals surface area (Å²) < 4.78 is 7.08. The Bertz CT molecular complexity index is 856. The number of alkyl carbamates (subject to hydrolysis) is 1. The SMILES string of the molecule is CCN(C[C@H]1CC[C@H](n2ccc(=O)[nH]c2=O)CC1)[C@H]1CC[C@H](NC(=O)OC(C)(C)C)CC1. The molecule has 1 aromatic rings. The molecular formula is C24H40N4O4. The van der Waals surface area contributed by atoms with Crippen LogP contribution < -0.4 is 16.6 Å². The normalized spacial score (nSPS) is 26.7. The minimum Gasteiger partial charge on any atom is -0.444 e. The van der Waals surface area contributed by atoms with Crippen LogP contribution in [0.1, 0.15) is 85.1 Å². The molecule has 0 bridgehead atoms. The molecule has 0 spiro atoms. The second kappa shape index (κ2) is 10.7. The number of ether oxygens (including phenoxy) is 1. The van der Waals surface area contributed by atoms with Crippen LogP contribution in [0.2, 0.25) is 0 Å². The lowest BCUT2D eigenvalue weighted by Crippen LogP contribution is -2.46. The van der Waals surface area contributed by atoms with Gasteiger partial charge >= 0.3 is 11.8 Å². The predicted molar refractivity (Wildman–Crippen MR) is 125 cm³/mol. The molecule has 0 unspecified atom stereocenters. The molecule has 1 aromatic heterocycles. The number of hydrogen-bond donors (Lipinski definition) is 2. The Morgan fingerprint density at radius 1 is 1.12 bits per heavy atom. The van der Waals surface area contributed by atoms with E-state index in [9.17, 15) is 14.4 Å². The van der Waals surface area contributed by atoms with Gasteiger partial charge in [0.25, 0.3) is 5.56 Å². The molecule has 0 aromatic carbocycles. The van der Waals surface area contributed by atoms with Crippen molar-refractivity contribution in [2.75, 3.05) is 13.1 Å². The first kappa shape index (κ1) is 24.6. The van der Waals surface area contributed by atoms with Crippen LogP contribution in [-0.2, 0) is 4.74 Å². The average molecular weight is 449 g/mol. The van der Waals surface area contributed by atoms with Crippen LogP contribution in [0.5, 0.6) is 0 Å². The van der Waals surface area contributed by atoms with Crippen LogP contribution in [-0.4, -0.2) is 51.3 Å². The fraction of sp³-hybridized carbons (Fsp3) is 0.792. The topological polar surface area (TPSA) is 96.4 Å². The quantitative estimate of drug-likeness (QED) is 0.695. The van der Waals surface area contributed by atoms with Crippen molar-refractivity contribution in [1.82, 2.24) is 19.8 Å². The third-order valence-electron chi connectivity index (χ3n) is 6.89. The van der Waals surface area contributed by atoms with Crippen LogP contribution in [0, 0.1) is 5.92 Å². The fourth-order valence-corrected chi connectivity index (χ4v) is 5.25. The predicted octanol–water partition coefficient (Wildman–Crippen LogP) is 3.43. The van der Waals surface area contributed by atoms with E-state index in [2.05, 4.69) is 22.1 Å². The molecule has 2 fully saturated rings. The molecule has 8 nitrogen and oxygen atoms in total. The van der Waals surface area contributed by atoms with Crippen LogP contribution in [0.25, 0.3) is 0 Å². The van der Waals surface area contributed by atoms with Gasteiger partial charge in [-0.25, -0.2) is 9.59 Å². The highest BCUT2D eigenvalue weighted by atomic mass is 16.6. The molecule has 2 saturated carbocycles. The van der Waals surface area contributed by atoms with E-state index in [0.29, 0.717) is 12.0 Å². The number of aromatic nitrogens is 2. The van der Waals surface area contributed by atoms with Gasteiger partial charge < -0.3 is 15.0 Å². The first-order valence-electron chi connectivity index (χ1n) is 12.2. The fourth-order valence-electron chi connectivity index (χ4n) is 5.25. The van der Waals surface area contributed by atoms with Gasteiger partial charge in [-0.05, 0) is 84.6 Å². The Morgan fingerprint density at radius 2 is 1.78 bits per heavy atom. The maximum Gasteiger partial charge on any atom is 0.407 e. The monoisotopic (exact) mass is 448 g/mol. The van der Waals surface area contributed by atoms with E-state index in [1.807, 2.05) is 20.8 Å². The van der Waals surface area contributed by atoms with Gasteiger partial charge in [0.2, 0.25) is 0 Å². The molecule has 2 N–H and O–H groups in total. The van der Waals surface area contributed by atoms with Crippen LogP contribution >= 0.6 is 0 Å². The third kappa shape index (κ3) is 6.95. The van der Waals surface area contributed by atoms with E-state index in [4.69, 9.17) is 4.74 Å². The summed E-state index contributed by atoms with van der Waals surface area (Å²) in [5.41, 5.74) is -1.10. The Labute approximate surface area is 190 Å². The summed E-state index contributed by atoms with van der Waals surface area (Å²) in [5.74, 6) is 0.641. The average Bonchev–Trinajstić information content (AvgIpc) is 2.72. The molecule has 0 radical (unpaired) electrons. The number of carbonyl (C=O) groups is 1. The molecule has 3 rings (SSSR count). The zero-order chi connectivity index (χ0) is 23.3. The number of nitrogens with zero attached hydrogens (tertiary/aromatic N) is 2. The van der Waals surface area contributed by atoms with Crippen molar-refractivity contribution < 1.29 is 9.53 Å². The Hall–Kier alpha value is -2.09. The number of aromatic amines is 1. The van der Waals surface area contributed by atoms with E-state index in [0.717, 1.165) is 64.5 Å². The minimum absolute atomic E-state index is 0.181.